The Labute approximate surface area is 105 Å². The molecule has 1 N–H and O–H groups in total. The minimum atomic E-state index is -0.438. The van der Waals surface area contributed by atoms with Crippen molar-refractivity contribution in [2.45, 2.75) is 20.3 Å². The van der Waals surface area contributed by atoms with Gasteiger partial charge in [-0.15, -0.1) is 0 Å². The normalized spacial score (nSPS) is 9.94. The number of nitro benzene ring substituents is 1. The number of benzene rings is 1. The van der Waals surface area contributed by atoms with E-state index in [1.807, 2.05) is 13.8 Å². The van der Waals surface area contributed by atoms with Crippen LogP contribution in [0.4, 0.5) is 11.4 Å². The topological polar surface area (TPSA) is 81.5 Å². The quantitative estimate of drug-likeness (QED) is 0.493. The first-order valence-corrected chi connectivity index (χ1v) is 5.52. The summed E-state index contributed by atoms with van der Waals surface area (Å²) in [5, 5.41) is 13.8. The van der Waals surface area contributed by atoms with Crippen LogP contribution in [-0.2, 0) is 9.53 Å². The van der Waals surface area contributed by atoms with E-state index in [1.165, 1.54) is 13.2 Å². The summed E-state index contributed by atoms with van der Waals surface area (Å²) in [5.74, 6) is -0.353. The molecule has 6 heteroatoms. The Morgan fingerprint density at radius 1 is 1.39 bits per heavy atom. The monoisotopic (exact) mass is 252 g/mol. The zero-order chi connectivity index (χ0) is 13.7. The third-order valence-corrected chi connectivity index (χ3v) is 2.68. The average molecular weight is 252 g/mol. The molecule has 0 aliphatic rings. The molecule has 0 aromatic heterocycles. The molecule has 0 saturated carbocycles. The maximum absolute atomic E-state index is 10.9. The number of esters is 1. The molecule has 0 amide bonds. The van der Waals surface area contributed by atoms with E-state index >= 15 is 0 Å². The van der Waals surface area contributed by atoms with Gasteiger partial charge in [0.25, 0.3) is 5.69 Å². The van der Waals surface area contributed by atoms with E-state index in [2.05, 4.69) is 10.1 Å². The number of nitrogens with one attached hydrogen (secondary N) is 1. The molecule has 0 fully saturated rings. The molecule has 1 rings (SSSR count). The molecule has 0 unspecified atom stereocenters. The van der Waals surface area contributed by atoms with Gasteiger partial charge in [-0.1, -0.05) is 0 Å². The summed E-state index contributed by atoms with van der Waals surface area (Å²) < 4.78 is 4.50. The summed E-state index contributed by atoms with van der Waals surface area (Å²) in [4.78, 5) is 21.4. The Morgan fingerprint density at radius 2 is 2.00 bits per heavy atom. The Bertz CT molecular complexity index is 471. The zero-order valence-corrected chi connectivity index (χ0v) is 10.6. The smallest absolute Gasteiger partial charge is 0.307 e. The lowest BCUT2D eigenvalue weighted by Crippen LogP contribution is -2.11. The van der Waals surface area contributed by atoms with Gasteiger partial charge < -0.3 is 10.1 Å². The summed E-state index contributed by atoms with van der Waals surface area (Å²) in [6.45, 7) is 4.00. The van der Waals surface area contributed by atoms with Gasteiger partial charge in [-0.05, 0) is 31.0 Å². The van der Waals surface area contributed by atoms with E-state index in [-0.39, 0.29) is 18.1 Å². The van der Waals surface area contributed by atoms with E-state index in [0.29, 0.717) is 12.2 Å². The summed E-state index contributed by atoms with van der Waals surface area (Å²) >= 11 is 0. The number of hydrogen-bond donors (Lipinski definition) is 1. The van der Waals surface area contributed by atoms with Crippen LogP contribution in [0.3, 0.4) is 0 Å². The van der Waals surface area contributed by atoms with Crippen molar-refractivity contribution in [1.29, 1.82) is 0 Å². The van der Waals surface area contributed by atoms with Crippen LogP contribution in [-0.4, -0.2) is 24.5 Å². The number of aryl methyl sites for hydroxylation is 2. The van der Waals surface area contributed by atoms with Gasteiger partial charge in [-0.25, -0.2) is 0 Å². The highest BCUT2D eigenvalue weighted by atomic mass is 16.6. The van der Waals surface area contributed by atoms with Crippen LogP contribution in [0.2, 0.25) is 0 Å². The van der Waals surface area contributed by atoms with Crippen molar-refractivity contribution in [3.63, 3.8) is 0 Å². The number of anilines is 1. The van der Waals surface area contributed by atoms with Crippen LogP contribution >= 0.6 is 0 Å². The molecule has 0 spiro atoms. The van der Waals surface area contributed by atoms with Crippen LogP contribution in [0.5, 0.6) is 0 Å². The summed E-state index contributed by atoms with van der Waals surface area (Å²) in [5.41, 5.74) is 2.26. The summed E-state index contributed by atoms with van der Waals surface area (Å²) in [6.07, 6.45) is 0.167. The van der Waals surface area contributed by atoms with E-state index in [0.717, 1.165) is 11.1 Å². The van der Waals surface area contributed by atoms with Gasteiger partial charge in [0.1, 0.15) is 5.69 Å². The number of carbonyl (C=O) groups excluding carboxylic acids is 1. The molecule has 0 aliphatic heterocycles. The van der Waals surface area contributed by atoms with Gasteiger partial charge in [0.2, 0.25) is 0 Å². The highest BCUT2D eigenvalue weighted by Crippen LogP contribution is 2.27. The number of hydrogen-bond acceptors (Lipinski definition) is 5. The average Bonchev–Trinajstić information content (AvgIpc) is 2.32. The van der Waals surface area contributed by atoms with Crippen molar-refractivity contribution < 1.29 is 14.5 Å². The maximum Gasteiger partial charge on any atom is 0.307 e. The van der Waals surface area contributed by atoms with Crippen LogP contribution in [0.15, 0.2) is 12.1 Å². The van der Waals surface area contributed by atoms with Crippen LogP contribution in [0.1, 0.15) is 17.5 Å². The fraction of sp³-hybridized carbons (Fsp3) is 0.417. The molecular formula is C12H16N2O4. The van der Waals surface area contributed by atoms with Gasteiger partial charge in [0.15, 0.2) is 0 Å². The van der Waals surface area contributed by atoms with Crippen LogP contribution in [0, 0.1) is 24.0 Å². The predicted molar refractivity (Wildman–Crippen MR) is 67.7 cm³/mol. The number of nitro groups is 1. The molecule has 18 heavy (non-hydrogen) atoms. The molecule has 0 aliphatic carbocycles. The number of carbonyl (C=O) groups is 1. The molecule has 1 aromatic rings. The molecule has 0 heterocycles. The number of nitrogens with zero attached hydrogens (tertiary/aromatic N) is 1. The second kappa shape index (κ2) is 6.00. The second-order valence-corrected chi connectivity index (χ2v) is 3.96. The van der Waals surface area contributed by atoms with E-state index in [9.17, 15) is 14.9 Å². The largest absolute Gasteiger partial charge is 0.469 e. The van der Waals surface area contributed by atoms with E-state index in [4.69, 9.17) is 0 Å². The summed E-state index contributed by atoms with van der Waals surface area (Å²) in [6, 6.07) is 3.24. The molecule has 1 aromatic carbocycles. The fourth-order valence-electron chi connectivity index (χ4n) is 1.49. The minimum absolute atomic E-state index is 0.0166. The lowest BCUT2D eigenvalue weighted by Gasteiger charge is -2.09. The molecule has 6 nitrogen and oxygen atoms in total. The first-order valence-electron chi connectivity index (χ1n) is 5.52. The van der Waals surface area contributed by atoms with Crippen molar-refractivity contribution in [3.05, 3.63) is 33.4 Å². The van der Waals surface area contributed by atoms with Crippen molar-refractivity contribution >= 4 is 17.3 Å². The first kappa shape index (κ1) is 14.0. The SMILES string of the molecule is COC(=O)CCNc1cc(C)c(C)cc1[N+](=O)[O-]. The van der Waals surface area contributed by atoms with Gasteiger partial charge in [-0.2, -0.15) is 0 Å². The van der Waals surface area contributed by atoms with Gasteiger partial charge in [0, 0.05) is 12.6 Å². The Morgan fingerprint density at radius 3 is 2.56 bits per heavy atom. The first-order chi connectivity index (χ1) is 8.45. The standard InChI is InChI=1S/C12H16N2O4/c1-8-6-10(13-5-4-12(15)18-3)11(14(16)17)7-9(8)2/h6-7,13H,4-5H2,1-3H3. The Hall–Kier alpha value is -2.11. The van der Waals surface area contributed by atoms with Crippen LogP contribution in [0.25, 0.3) is 0 Å². The third kappa shape index (κ3) is 3.44. The van der Waals surface area contributed by atoms with Crippen molar-refractivity contribution in [1.82, 2.24) is 0 Å². The zero-order valence-electron chi connectivity index (χ0n) is 10.6. The molecular weight excluding hydrogens is 236 g/mol. The minimum Gasteiger partial charge on any atom is -0.469 e. The Balaban J connectivity index is 2.83. The number of rotatable bonds is 5. The molecule has 98 valence electrons. The van der Waals surface area contributed by atoms with Gasteiger partial charge >= 0.3 is 5.97 Å². The van der Waals surface area contributed by atoms with Crippen molar-refractivity contribution in [2.24, 2.45) is 0 Å². The highest BCUT2D eigenvalue weighted by molar-refractivity contribution is 5.70. The lowest BCUT2D eigenvalue weighted by molar-refractivity contribution is -0.384. The van der Waals surface area contributed by atoms with Gasteiger partial charge in [0.05, 0.1) is 18.5 Å². The number of methoxy groups -OCH3 is 1. The van der Waals surface area contributed by atoms with Gasteiger partial charge in [-0.3, -0.25) is 14.9 Å². The fourth-order valence-corrected chi connectivity index (χ4v) is 1.49. The molecule has 0 radical (unpaired) electrons. The second-order valence-electron chi connectivity index (χ2n) is 3.96. The van der Waals surface area contributed by atoms with Crippen LogP contribution < -0.4 is 5.32 Å². The van der Waals surface area contributed by atoms with Crippen molar-refractivity contribution in [2.75, 3.05) is 19.0 Å². The van der Waals surface area contributed by atoms with E-state index < -0.39 is 4.92 Å². The molecule has 0 saturated heterocycles. The summed E-state index contributed by atoms with van der Waals surface area (Å²) in [7, 11) is 1.31. The highest BCUT2D eigenvalue weighted by Gasteiger charge is 2.15. The Kier molecular flexibility index (Phi) is 4.65. The van der Waals surface area contributed by atoms with Crippen molar-refractivity contribution in [3.8, 4) is 0 Å². The van der Waals surface area contributed by atoms with E-state index in [1.54, 1.807) is 6.07 Å². The molecule has 0 atom stereocenters. The lowest BCUT2D eigenvalue weighted by atomic mass is 10.1. The third-order valence-electron chi connectivity index (χ3n) is 2.68. The molecule has 0 bridgehead atoms. The predicted octanol–water partition coefficient (Wildman–Crippen LogP) is 2.19. The number of ether oxygens (including phenoxy) is 1. The maximum atomic E-state index is 10.9.